The number of carbonyl (C=O) groups excluding carboxylic acids is 3. The van der Waals surface area contributed by atoms with Gasteiger partial charge in [0.1, 0.15) is 23.8 Å². The third-order valence-corrected chi connectivity index (χ3v) is 8.18. The highest BCUT2D eigenvalue weighted by Crippen LogP contribution is 2.28. The molecule has 204 valence electrons. The van der Waals surface area contributed by atoms with Crippen molar-refractivity contribution in [1.82, 2.24) is 10.2 Å². The quantitative estimate of drug-likeness (QED) is 0.160. The van der Waals surface area contributed by atoms with Crippen LogP contribution in [0.5, 0.6) is 0 Å². The molecule has 0 aromatic heterocycles. The number of hydrogen-bond acceptors (Lipinski definition) is 5. The van der Waals surface area contributed by atoms with E-state index in [2.05, 4.69) is 18.8 Å². The molecule has 0 radical (unpaired) electrons. The van der Waals surface area contributed by atoms with Crippen molar-refractivity contribution in [1.29, 1.82) is 0 Å². The van der Waals surface area contributed by atoms with Gasteiger partial charge in [0.25, 0.3) is 0 Å². The first-order chi connectivity index (χ1) is 18.2. The molecular formula is C29H35FN2O5S. The van der Waals surface area contributed by atoms with E-state index in [1.54, 1.807) is 43.3 Å². The van der Waals surface area contributed by atoms with Crippen LogP contribution >= 0.6 is 0 Å². The van der Waals surface area contributed by atoms with Crippen LogP contribution in [0.15, 0.2) is 61.2 Å². The SMILES string of the molecule is C=CCOC(=O)c1ccc(CS(=O)C2CC(=O)N2C(C)C(=O)NC(CCCCC)c2ccc(F)cc2)cc1. The lowest BCUT2D eigenvalue weighted by Gasteiger charge is -2.43. The number of halogens is 1. The van der Waals surface area contributed by atoms with Gasteiger partial charge in [-0.15, -0.1) is 0 Å². The van der Waals surface area contributed by atoms with Crippen LogP contribution in [-0.2, 0) is 30.9 Å². The van der Waals surface area contributed by atoms with E-state index >= 15 is 0 Å². The summed E-state index contributed by atoms with van der Waals surface area (Å²) in [5, 5.41) is 2.44. The molecule has 1 N–H and O–H groups in total. The molecule has 3 rings (SSSR count). The molecule has 0 aliphatic carbocycles. The van der Waals surface area contributed by atoms with Crippen molar-refractivity contribution >= 4 is 28.6 Å². The molecule has 38 heavy (non-hydrogen) atoms. The zero-order chi connectivity index (χ0) is 27.7. The molecule has 0 saturated carbocycles. The zero-order valence-electron chi connectivity index (χ0n) is 21.9. The zero-order valence-corrected chi connectivity index (χ0v) is 22.7. The minimum atomic E-state index is -1.44. The van der Waals surface area contributed by atoms with Crippen LogP contribution in [0.2, 0.25) is 0 Å². The van der Waals surface area contributed by atoms with Crippen LogP contribution in [0.1, 0.15) is 73.5 Å². The number of carbonyl (C=O) groups is 3. The second-order valence-electron chi connectivity index (χ2n) is 9.35. The third-order valence-electron chi connectivity index (χ3n) is 6.56. The van der Waals surface area contributed by atoms with Gasteiger partial charge in [0, 0.05) is 10.8 Å². The first kappa shape index (κ1) is 29.2. The molecule has 4 atom stereocenters. The average Bonchev–Trinajstić information content (AvgIpc) is 2.90. The predicted molar refractivity (Wildman–Crippen MR) is 145 cm³/mol. The van der Waals surface area contributed by atoms with Gasteiger partial charge in [0.15, 0.2) is 0 Å². The number of nitrogens with zero attached hydrogens (tertiary/aromatic N) is 1. The van der Waals surface area contributed by atoms with Crippen molar-refractivity contribution in [2.75, 3.05) is 6.61 Å². The molecule has 2 aromatic carbocycles. The van der Waals surface area contributed by atoms with E-state index in [1.165, 1.54) is 23.1 Å². The molecule has 2 aromatic rings. The average molecular weight is 543 g/mol. The Morgan fingerprint density at radius 1 is 1.18 bits per heavy atom. The van der Waals surface area contributed by atoms with Crippen molar-refractivity contribution in [3.8, 4) is 0 Å². The molecular weight excluding hydrogens is 507 g/mol. The highest BCUT2D eigenvalue weighted by atomic mass is 32.2. The lowest BCUT2D eigenvalue weighted by molar-refractivity contribution is -0.150. The number of β-lactam (4-membered cyclic amide) rings is 1. The van der Waals surface area contributed by atoms with Gasteiger partial charge in [-0.2, -0.15) is 0 Å². The number of hydrogen-bond donors (Lipinski definition) is 1. The van der Waals surface area contributed by atoms with E-state index in [9.17, 15) is 23.0 Å². The summed E-state index contributed by atoms with van der Waals surface area (Å²) in [6.07, 6.45) is 5.21. The predicted octanol–water partition coefficient (Wildman–Crippen LogP) is 4.80. The maximum atomic E-state index is 13.4. The first-order valence-electron chi connectivity index (χ1n) is 12.9. The number of amides is 2. The molecule has 1 fully saturated rings. The van der Waals surface area contributed by atoms with Crippen LogP contribution in [0.3, 0.4) is 0 Å². The third kappa shape index (κ3) is 7.60. The van der Waals surface area contributed by atoms with Crippen molar-refractivity contribution in [2.24, 2.45) is 0 Å². The Balaban J connectivity index is 1.63. The lowest BCUT2D eigenvalue weighted by atomic mass is 9.99. The second-order valence-corrected chi connectivity index (χ2v) is 10.9. The fourth-order valence-electron chi connectivity index (χ4n) is 4.34. The smallest absolute Gasteiger partial charge is 0.338 e. The maximum Gasteiger partial charge on any atom is 0.338 e. The van der Waals surface area contributed by atoms with E-state index in [1.807, 2.05) is 0 Å². The van der Waals surface area contributed by atoms with Crippen LogP contribution in [0, 0.1) is 5.82 Å². The molecule has 1 saturated heterocycles. The Hall–Kier alpha value is -3.33. The highest BCUT2D eigenvalue weighted by molar-refractivity contribution is 7.85. The van der Waals surface area contributed by atoms with E-state index in [-0.39, 0.29) is 42.5 Å². The summed E-state index contributed by atoms with van der Waals surface area (Å²) in [4.78, 5) is 39.0. The van der Waals surface area contributed by atoms with E-state index in [0.717, 1.165) is 30.4 Å². The number of benzene rings is 2. The Labute approximate surface area is 225 Å². The van der Waals surface area contributed by atoms with E-state index in [4.69, 9.17) is 4.74 Å². The normalized spacial score (nSPS) is 17.2. The summed E-state index contributed by atoms with van der Waals surface area (Å²) in [6.45, 7) is 7.35. The van der Waals surface area contributed by atoms with Gasteiger partial charge in [-0.3, -0.25) is 13.8 Å². The summed E-state index contributed by atoms with van der Waals surface area (Å²) in [6, 6.07) is 11.6. The van der Waals surface area contributed by atoms with E-state index < -0.39 is 28.2 Å². The van der Waals surface area contributed by atoms with Gasteiger partial charge in [-0.05, 0) is 48.7 Å². The molecule has 7 nitrogen and oxygen atoms in total. The molecule has 1 aliphatic rings. The van der Waals surface area contributed by atoms with Crippen molar-refractivity contribution in [2.45, 2.75) is 69.2 Å². The summed E-state index contributed by atoms with van der Waals surface area (Å²) in [5.74, 6) is -1.20. The number of unbranched alkanes of at least 4 members (excludes halogenated alkanes) is 2. The topological polar surface area (TPSA) is 92.8 Å². The summed E-state index contributed by atoms with van der Waals surface area (Å²) < 4.78 is 31.6. The van der Waals surface area contributed by atoms with Gasteiger partial charge in [0.2, 0.25) is 11.8 Å². The van der Waals surface area contributed by atoms with E-state index in [0.29, 0.717) is 12.0 Å². The van der Waals surface area contributed by atoms with Gasteiger partial charge in [-0.25, -0.2) is 9.18 Å². The molecule has 1 heterocycles. The first-order valence-corrected chi connectivity index (χ1v) is 14.2. The van der Waals surface area contributed by atoms with Crippen molar-refractivity contribution < 1.29 is 27.7 Å². The largest absolute Gasteiger partial charge is 0.458 e. The maximum absolute atomic E-state index is 13.4. The molecule has 9 heteroatoms. The molecule has 2 amide bonds. The molecule has 0 spiro atoms. The fourth-order valence-corrected chi connectivity index (χ4v) is 5.93. The molecule has 4 unspecified atom stereocenters. The Bertz CT molecular complexity index is 1150. The number of likely N-dealkylation sites (tertiary alicyclic amines) is 1. The standard InChI is InChI=1S/C29H35FN2O5S/c1-4-6-7-8-25(22-13-15-24(30)16-14-22)31-28(34)20(3)32-26(33)18-27(32)38(36)19-21-9-11-23(12-10-21)29(35)37-17-5-2/h5,9-16,20,25,27H,2,4,6-8,17-19H2,1,3H3,(H,31,34). The lowest BCUT2D eigenvalue weighted by Crippen LogP contribution is -2.62. The van der Waals surface area contributed by atoms with Gasteiger partial charge < -0.3 is 15.0 Å². The number of esters is 1. The molecule has 1 aliphatic heterocycles. The van der Waals surface area contributed by atoms with Crippen LogP contribution in [-0.4, -0.2) is 44.9 Å². The minimum Gasteiger partial charge on any atom is -0.458 e. The highest BCUT2D eigenvalue weighted by Gasteiger charge is 2.45. The Morgan fingerprint density at radius 3 is 2.47 bits per heavy atom. The fraction of sp³-hybridized carbons (Fsp3) is 0.414. The summed E-state index contributed by atoms with van der Waals surface area (Å²) in [5.41, 5.74) is 1.92. The Kier molecular flexibility index (Phi) is 10.8. The van der Waals surface area contributed by atoms with Gasteiger partial charge in [-0.1, -0.05) is 63.1 Å². The summed E-state index contributed by atoms with van der Waals surface area (Å²) in [7, 11) is -1.44. The van der Waals surface area contributed by atoms with Crippen LogP contribution < -0.4 is 5.32 Å². The van der Waals surface area contributed by atoms with Crippen LogP contribution in [0.4, 0.5) is 4.39 Å². The number of rotatable bonds is 14. The second kappa shape index (κ2) is 14.0. The van der Waals surface area contributed by atoms with Gasteiger partial charge in [0.05, 0.1) is 23.8 Å². The van der Waals surface area contributed by atoms with Crippen molar-refractivity contribution in [3.05, 3.63) is 83.7 Å². The number of ether oxygens (including phenoxy) is 1. The van der Waals surface area contributed by atoms with Crippen molar-refractivity contribution in [3.63, 3.8) is 0 Å². The Morgan fingerprint density at radius 2 is 1.87 bits per heavy atom. The summed E-state index contributed by atoms with van der Waals surface area (Å²) >= 11 is 0. The number of nitrogens with one attached hydrogen (secondary N) is 1. The van der Waals surface area contributed by atoms with Gasteiger partial charge >= 0.3 is 5.97 Å². The monoisotopic (exact) mass is 542 g/mol. The molecule has 0 bridgehead atoms. The van der Waals surface area contributed by atoms with Crippen LogP contribution in [0.25, 0.3) is 0 Å². The minimum absolute atomic E-state index is 0.105.